The van der Waals surface area contributed by atoms with Gasteiger partial charge < -0.3 is 4.98 Å². The lowest BCUT2D eigenvalue weighted by Gasteiger charge is -1.97. The number of hydrogen-bond donors (Lipinski definition) is 2. The molecule has 0 amide bonds. The van der Waals surface area contributed by atoms with Crippen LogP contribution in [0.25, 0.3) is 21.9 Å². The molecule has 3 heterocycles. The van der Waals surface area contributed by atoms with Crippen LogP contribution in [0.5, 0.6) is 0 Å². The Kier molecular flexibility index (Phi) is 2.53. The summed E-state index contributed by atoms with van der Waals surface area (Å²) in [5.41, 5.74) is 2.79. The highest BCUT2D eigenvalue weighted by atomic mass is 16.5. The number of rotatable bonds is 2. The second-order valence-corrected chi connectivity index (χ2v) is 4.77. The lowest BCUT2D eigenvalue weighted by atomic mass is 10.1. The lowest BCUT2D eigenvalue weighted by Crippen LogP contribution is -1.98. The summed E-state index contributed by atoms with van der Waals surface area (Å²) in [6.45, 7) is 0. The number of aromatic nitrogens is 5. The normalized spacial score (nSPS) is 11.0. The van der Waals surface area contributed by atoms with E-state index in [1.807, 2.05) is 0 Å². The van der Waals surface area contributed by atoms with Crippen molar-refractivity contribution in [1.82, 2.24) is 25.1 Å². The number of nitrogens with one attached hydrogen (secondary N) is 2. The zero-order valence-corrected chi connectivity index (χ0v) is 11.1. The van der Waals surface area contributed by atoms with Gasteiger partial charge in [0.15, 0.2) is 5.82 Å². The van der Waals surface area contributed by atoms with Gasteiger partial charge in [0, 0.05) is 5.39 Å². The number of H-pyrrole nitrogens is 2. The molecule has 4 rings (SSSR count). The molecule has 8 heteroatoms. The molecular weight excluding hydrogens is 284 g/mol. The van der Waals surface area contributed by atoms with Crippen molar-refractivity contribution in [2.75, 3.05) is 0 Å². The highest BCUT2D eigenvalue weighted by Gasteiger charge is 2.11. The number of benzene rings is 1. The van der Waals surface area contributed by atoms with Crippen LogP contribution in [0.2, 0.25) is 0 Å². The summed E-state index contributed by atoms with van der Waals surface area (Å²) in [7, 11) is 0. The molecule has 0 aliphatic carbocycles. The second kappa shape index (κ2) is 4.53. The van der Waals surface area contributed by atoms with Gasteiger partial charge in [-0.05, 0) is 18.2 Å². The van der Waals surface area contributed by atoms with E-state index in [0.29, 0.717) is 23.6 Å². The van der Waals surface area contributed by atoms with E-state index in [9.17, 15) is 4.79 Å². The van der Waals surface area contributed by atoms with Crippen molar-refractivity contribution in [3.05, 3.63) is 52.2 Å². The third-order valence-electron chi connectivity index (χ3n) is 3.31. The lowest BCUT2D eigenvalue weighted by molar-refractivity contribution is 0.382. The second-order valence-electron chi connectivity index (χ2n) is 4.77. The van der Waals surface area contributed by atoms with E-state index in [0.717, 1.165) is 21.9 Å². The van der Waals surface area contributed by atoms with Crippen LogP contribution in [0.15, 0.2) is 33.7 Å². The third kappa shape index (κ3) is 1.92. The number of pyridine rings is 1. The van der Waals surface area contributed by atoms with Crippen LogP contribution in [0.1, 0.15) is 17.2 Å². The minimum absolute atomic E-state index is 0.305. The summed E-state index contributed by atoms with van der Waals surface area (Å²) in [6, 6.07) is 7.37. The minimum atomic E-state index is -0.600. The first kappa shape index (κ1) is 12.3. The zero-order valence-electron chi connectivity index (χ0n) is 11.1. The first-order valence-corrected chi connectivity index (χ1v) is 6.45. The Bertz CT molecular complexity index is 1100. The van der Waals surface area contributed by atoms with E-state index in [1.54, 1.807) is 24.4 Å². The van der Waals surface area contributed by atoms with Crippen LogP contribution in [-0.2, 0) is 6.42 Å². The predicted molar refractivity (Wildman–Crippen MR) is 76.0 cm³/mol. The fourth-order valence-corrected chi connectivity index (χ4v) is 2.36. The molecule has 4 aromatic rings. The van der Waals surface area contributed by atoms with Crippen molar-refractivity contribution < 1.29 is 4.52 Å². The van der Waals surface area contributed by atoms with E-state index in [-0.39, 0.29) is 0 Å². The minimum Gasteiger partial charge on any atom is -0.340 e. The first-order valence-electron chi connectivity index (χ1n) is 6.45. The highest BCUT2D eigenvalue weighted by molar-refractivity contribution is 6.02. The average Bonchev–Trinajstić information content (AvgIpc) is 3.12. The Hall–Kier alpha value is -3.47. The van der Waals surface area contributed by atoms with Crippen LogP contribution in [0.4, 0.5) is 0 Å². The van der Waals surface area contributed by atoms with Gasteiger partial charge >= 0.3 is 5.76 Å². The van der Waals surface area contributed by atoms with Gasteiger partial charge in [0.1, 0.15) is 5.82 Å². The number of nitrogens with zero attached hydrogens (tertiary/aromatic N) is 4. The fourth-order valence-electron chi connectivity index (χ4n) is 2.36. The van der Waals surface area contributed by atoms with Crippen LogP contribution < -0.4 is 5.76 Å². The van der Waals surface area contributed by atoms with E-state index < -0.39 is 5.76 Å². The molecule has 22 heavy (non-hydrogen) atoms. The van der Waals surface area contributed by atoms with E-state index >= 15 is 0 Å². The molecular formula is C14H8N6O2. The van der Waals surface area contributed by atoms with Crippen molar-refractivity contribution in [1.29, 1.82) is 5.26 Å². The Balaban J connectivity index is 1.87. The number of fused-ring (bicyclic) bond motifs is 3. The molecule has 0 radical (unpaired) electrons. The average molecular weight is 292 g/mol. The molecule has 0 aliphatic heterocycles. The predicted octanol–water partition coefficient (Wildman–Crippen LogP) is 1.25. The molecule has 2 N–H and O–H groups in total. The Morgan fingerprint density at radius 1 is 1.27 bits per heavy atom. The van der Waals surface area contributed by atoms with Crippen molar-refractivity contribution >= 4 is 21.9 Å². The molecule has 1 aromatic carbocycles. The summed E-state index contributed by atoms with van der Waals surface area (Å²) in [6.07, 6.45) is 1.99. The van der Waals surface area contributed by atoms with Gasteiger partial charge in [0.05, 0.1) is 40.8 Å². The number of aromatic amines is 2. The Labute approximate surface area is 122 Å². The summed E-state index contributed by atoms with van der Waals surface area (Å²) < 4.78 is 4.46. The molecule has 0 atom stereocenters. The maximum atomic E-state index is 10.9. The van der Waals surface area contributed by atoms with E-state index in [2.05, 4.69) is 35.7 Å². The Morgan fingerprint density at radius 3 is 2.95 bits per heavy atom. The summed E-state index contributed by atoms with van der Waals surface area (Å²) in [5.74, 6) is 0.409. The first-order chi connectivity index (χ1) is 10.7. The molecule has 0 bridgehead atoms. The topological polar surface area (TPSA) is 124 Å². The van der Waals surface area contributed by atoms with Crippen LogP contribution in [0, 0.1) is 11.3 Å². The van der Waals surface area contributed by atoms with Gasteiger partial charge in [-0.25, -0.2) is 9.78 Å². The van der Waals surface area contributed by atoms with Gasteiger partial charge in [0.25, 0.3) is 0 Å². The van der Waals surface area contributed by atoms with Crippen LogP contribution in [0.3, 0.4) is 0 Å². The van der Waals surface area contributed by atoms with E-state index in [4.69, 9.17) is 5.26 Å². The summed E-state index contributed by atoms with van der Waals surface area (Å²) in [5, 5.41) is 13.4. The van der Waals surface area contributed by atoms with Gasteiger partial charge in [-0.3, -0.25) is 14.5 Å². The molecule has 0 fully saturated rings. The van der Waals surface area contributed by atoms with Crippen molar-refractivity contribution in [3.63, 3.8) is 0 Å². The maximum Gasteiger partial charge on any atom is 0.438 e. The standard InChI is InChI=1S/C14H8N6O2/c15-5-7-1-2-9-8(3-7)13-10(6-16-9)17-11(18-13)4-12-19-14(21)22-20-12/h1-3,6H,4H2,(H,17,18)(H,19,20,21). The molecule has 0 aliphatic rings. The van der Waals surface area contributed by atoms with Crippen molar-refractivity contribution in [3.8, 4) is 6.07 Å². The molecule has 3 aromatic heterocycles. The monoisotopic (exact) mass is 292 g/mol. The quantitative estimate of drug-likeness (QED) is 0.573. The smallest absolute Gasteiger partial charge is 0.340 e. The highest BCUT2D eigenvalue weighted by Crippen LogP contribution is 2.23. The van der Waals surface area contributed by atoms with Crippen molar-refractivity contribution in [2.45, 2.75) is 6.42 Å². The zero-order chi connectivity index (χ0) is 15.1. The number of hydrogen-bond acceptors (Lipinski definition) is 6. The van der Waals surface area contributed by atoms with Crippen LogP contribution >= 0.6 is 0 Å². The summed E-state index contributed by atoms with van der Waals surface area (Å²) >= 11 is 0. The van der Waals surface area contributed by atoms with Gasteiger partial charge in [0.2, 0.25) is 0 Å². The number of imidazole rings is 1. The van der Waals surface area contributed by atoms with Crippen LogP contribution in [-0.4, -0.2) is 25.1 Å². The molecule has 0 saturated carbocycles. The molecule has 0 spiro atoms. The fraction of sp³-hybridized carbons (Fsp3) is 0.0714. The number of nitriles is 1. The molecule has 106 valence electrons. The Morgan fingerprint density at radius 2 is 2.18 bits per heavy atom. The molecule has 0 unspecified atom stereocenters. The van der Waals surface area contributed by atoms with Gasteiger partial charge in [-0.1, -0.05) is 5.16 Å². The largest absolute Gasteiger partial charge is 0.438 e. The van der Waals surface area contributed by atoms with Crippen molar-refractivity contribution in [2.24, 2.45) is 0 Å². The van der Waals surface area contributed by atoms with Gasteiger partial charge in [-0.15, -0.1) is 0 Å². The van der Waals surface area contributed by atoms with E-state index in [1.165, 1.54) is 0 Å². The molecule has 8 nitrogen and oxygen atoms in total. The molecule has 0 saturated heterocycles. The third-order valence-corrected chi connectivity index (χ3v) is 3.31. The van der Waals surface area contributed by atoms with Gasteiger partial charge in [-0.2, -0.15) is 5.26 Å². The maximum absolute atomic E-state index is 10.9. The summed E-state index contributed by atoms with van der Waals surface area (Å²) in [4.78, 5) is 25.4. The SMILES string of the molecule is N#Cc1ccc2ncc3[nH]c(Cc4noc(=O)[nH]4)nc3c2c1.